The molecule has 0 unspecified atom stereocenters. The Bertz CT molecular complexity index is 6980. The van der Waals surface area contributed by atoms with E-state index in [0.717, 1.165) is 99.6 Å². The van der Waals surface area contributed by atoms with Gasteiger partial charge in [0.15, 0.2) is 17.5 Å². The Morgan fingerprint density at radius 2 is 0.701 bits per heavy atom. The van der Waals surface area contributed by atoms with Gasteiger partial charge in [0.25, 0.3) is 6.71 Å². The molecule has 0 fully saturated rings. The summed E-state index contributed by atoms with van der Waals surface area (Å²) >= 11 is 0. The Hall–Kier alpha value is -12.6. The van der Waals surface area contributed by atoms with E-state index < -0.39 is 78.6 Å². The molecule has 0 spiro atoms. The summed E-state index contributed by atoms with van der Waals surface area (Å²) in [5.41, 5.74) is 17.5. The number of nitrogens with zero attached hydrogens (tertiary/aromatic N) is 7. The second-order valence-electron chi connectivity index (χ2n) is 31.1. The van der Waals surface area contributed by atoms with Crippen LogP contribution in [0.1, 0.15) is 96.8 Å². The lowest BCUT2D eigenvalue weighted by molar-refractivity contribution is 0.590. The Balaban J connectivity index is 1.02. The maximum Gasteiger partial charge on any atom is 0.252 e. The Morgan fingerprint density at radius 3 is 1.25 bits per heavy atom. The van der Waals surface area contributed by atoms with Crippen molar-refractivity contribution in [2.75, 3.05) is 9.80 Å². The molecular formula is C99H80BN7. The van der Waals surface area contributed by atoms with Crippen molar-refractivity contribution in [3.05, 3.63) is 338 Å². The van der Waals surface area contributed by atoms with Crippen LogP contribution in [0.3, 0.4) is 0 Å². The van der Waals surface area contributed by atoms with Crippen LogP contribution in [0.25, 0.3) is 123 Å². The SMILES string of the molecule is [2H]c1c([2H])c([2H])c(-c2ccc3c(c2)N(c2ccc(C(C)(C)C)cc2-c2nc(-c4ccccc4)nc(-c4ccccc4)n2)c2cc(-n4c5ccc(C(C)(C)C)cc5c5cc(C(C)(C)C)ccc54)cc4c2B3c2ccc(-n3c5c([2H])c([2H])c([2H])c([2H])c5c5c([2H])c([2H])c([2H])c([2H])c53)cc2N4c2ccc(-c3ccccc3)cc2-c2ccccc2)c([2H])c1[2H]. The standard InChI is InChI=1S/C99H80BN7/c1-97(2,3)70-45-52-86-78(57-70)79-58-71(98(4,5)6)46-53-87(79)105(86)74-61-91-93-92(62-74)107(88-54-47-72(99(7,8)9)59-80(88)96-102-94(66-35-21-13-22-36-66)101-95(103-96)67-37-23-14-24-38-67)89-56-69(64-31-17-11-18-32-64)43-49-81(89)100(93)82-50-48-73(104-83-41-27-25-39-75(83)76-40-26-28-42-84(76)104)60-90(82)106(91)85-51-44-68(63-29-15-10-16-30-63)55-77(85)65-33-19-12-20-34-65/h10-62H,1-9H3/i11D,17D,18D,25D,26D,27D,28D,31D,32D,39D,40D,41D,42D. The van der Waals surface area contributed by atoms with Gasteiger partial charge in [0, 0.05) is 72.2 Å². The number of para-hydroxylation sites is 2. The Labute approximate surface area is 644 Å². The number of benzene rings is 14. The molecule has 19 rings (SSSR count). The normalized spacial score (nSPS) is 14.6. The average molecular weight is 1390 g/mol. The van der Waals surface area contributed by atoms with Crippen molar-refractivity contribution in [3.63, 3.8) is 0 Å². The zero-order valence-electron chi connectivity index (χ0n) is 73.8. The molecule has 0 saturated heterocycles. The van der Waals surface area contributed by atoms with Crippen molar-refractivity contribution in [2.24, 2.45) is 0 Å². The van der Waals surface area contributed by atoms with Crippen LogP contribution in [-0.4, -0.2) is 30.8 Å². The fourth-order valence-corrected chi connectivity index (χ4v) is 15.9. The van der Waals surface area contributed by atoms with E-state index >= 15 is 0 Å². The first kappa shape index (κ1) is 52.3. The van der Waals surface area contributed by atoms with Gasteiger partial charge < -0.3 is 18.9 Å². The quantitative estimate of drug-likeness (QED) is 0.128. The fraction of sp³-hybridized carbons (Fsp3) is 0.121. The monoisotopic (exact) mass is 1390 g/mol. The lowest BCUT2D eigenvalue weighted by Crippen LogP contribution is -2.61. The summed E-state index contributed by atoms with van der Waals surface area (Å²) in [7, 11) is 0. The first-order valence-corrected chi connectivity index (χ1v) is 36.4. The maximum absolute atomic E-state index is 9.87. The van der Waals surface area contributed by atoms with E-state index in [2.05, 4.69) is 186 Å². The molecule has 14 aromatic carbocycles. The summed E-state index contributed by atoms with van der Waals surface area (Å²) in [5.74, 6) is 1.23. The molecule has 17 aromatic rings. The van der Waals surface area contributed by atoms with Crippen molar-refractivity contribution in [2.45, 2.75) is 78.6 Å². The summed E-state index contributed by atoms with van der Waals surface area (Å²) in [4.78, 5) is 20.8. The summed E-state index contributed by atoms with van der Waals surface area (Å²) < 4.78 is 126. The smallest absolute Gasteiger partial charge is 0.252 e. The highest BCUT2D eigenvalue weighted by molar-refractivity contribution is 7.00. The number of hydrogen-bond acceptors (Lipinski definition) is 5. The number of fused-ring (bicyclic) bond motifs is 10. The van der Waals surface area contributed by atoms with Crippen molar-refractivity contribution in [1.29, 1.82) is 0 Å². The molecular weight excluding hydrogens is 1300 g/mol. The van der Waals surface area contributed by atoms with E-state index in [-0.39, 0.29) is 50.3 Å². The highest BCUT2D eigenvalue weighted by atomic mass is 15.2. The minimum absolute atomic E-state index is 0.00586. The van der Waals surface area contributed by atoms with E-state index in [1.165, 1.54) is 0 Å². The van der Waals surface area contributed by atoms with Gasteiger partial charge in [0.2, 0.25) is 0 Å². The zero-order chi connectivity index (χ0) is 83.9. The summed E-state index contributed by atoms with van der Waals surface area (Å²) in [6.45, 7) is 19.1. The van der Waals surface area contributed by atoms with Crippen molar-refractivity contribution in [3.8, 4) is 78.9 Å². The van der Waals surface area contributed by atoms with Crippen LogP contribution in [0.4, 0.5) is 34.1 Å². The molecule has 8 heteroatoms. The highest BCUT2D eigenvalue weighted by Gasteiger charge is 2.46. The number of rotatable bonds is 10. The molecule has 5 heterocycles. The topological polar surface area (TPSA) is 55.0 Å². The molecule has 2 aliphatic heterocycles. The number of hydrogen-bond donors (Lipinski definition) is 0. The number of anilines is 6. The van der Waals surface area contributed by atoms with E-state index in [4.69, 9.17) is 19.1 Å². The van der Waals surface area contributed by atoms with E-state index in [0.29, 0.717) is 62.7 Å². The van der Waals surface area contributed by atoms with Crippen molar-refractivity contribution in [1.82, 2.24) is 24.1 Å². The van der Waals surface area contributed by atoms with E-state index in [1.54, 1.807) is 4.57 Å². The minimum atomic E-state index is -0.758. The molecule has 514 valence electrons. The van der Waals surface area contributed by atoms with Gasteiger partial charge in [-0.3, -0.25) is 0 Å². The molecule has 0 amide bonds. The molecule has 107 heavy (non-hydrogen) atoms. The number of aromatic nitrogens is 5. The average Bonchev–Trinajstić information content (AvgIpc) is 1.25. The van der Waals surface area contributed by atoms with Gasteiger partial charge in [0.1, 0.15) is 0 Å². The van der Waals surface area contributed by atoms with Crippen LogP contribution in [-0.2, 0) is 16.2 Å². The van der Waals surface area contributed by atoms with E-state index in [1.807, 2.05) is 133 Å². The van der Waals surface area contributed by atoms with Gasteiger partial charge in [-0.1, -0.05) is 293 Å². The van der Waals surface area contributed by atoms with Gasteiger partial charge in [-0.15, -0.1) is 0 Å². The summed E-state index contributed by atoms with van der Waals surface area (Å²) in [6.07, 6.45) is 0. The lowest BCUT2D eigenvalue weighted by atomic mass is 9.33. The van der Waals surface area contributed by atoms with Crippen LogP contribution < -0.4 is 26.2 Å². The van der Waals surface area contributed by atoms with Crippen LogP contribution in [0.2, 0.25) is 0 Å². The molecule has 0 atom stereocenters. The Kier molecular flexibility index (Phi) is 12.2. The van der Waals surface area contributed by atoms with Gasteiger partial charge >= 0.3 is 0 Å². The van der Waals surface area contributed by atoms with Gasteiger partial charge in [-0.2, -0.15) is 0 Å². The highest BCUT2D eigenvalue weighted by Crippen LogP contribution is 2.52. The van der Waals surface area contributed by atoms with E-state index in [9.17, 15) is 13.7 Å². The van der Waals surface area contributed by atoms with Gasteiger partial charge in [-0.25, -0.2) is 15.0 Å². The molecule has 0 bridgehead atoms. The second kappa shape index (κ2) is 25.0. The van der Waals surface area contributed by atoms with Crippen LogP contribution >= 0.6 is 0 Å². The summed E-state index contributed by atoms with van der Waals surface area (Å²) in [5, 5.41) is 1.94. The third-order valence-corrected chi connectivity index (χ3v) is 21.3. The van der Waals surface area contributed by atoms with Crippen molar-refractivity contribution >= 4 is 101 Å². The molecule has 2 aliphatic rings. The predicted molar refractivity (Wildman–Crippen MR) is 451 cm³/mol. The van der Waals surface area contributed by atoms with Gasteiger partial charge in [-0.05, 0) is 168 Å². The first-order chi connectivity index (χ1) is 57.4. The fourth-order valence-electron chi connectivity index (χ4n) is 15.9. The third kappa shape index (κ3) is 11.1. The molecule has 0 radical (unpaired) electrons. The minimum Gasteiger partial charge on any atom is -0.311 e. The van der Waals surface area contributed by atoms with Crippen molar-refractivity contribution < 1.29 is 17.8 Å². The van der Waals surface area contributed by atoms with Gasteiger partial charge in [0.05, 0.1) is 56.9 Å². The Morgan fingerprint density at radius 1 is 0.280 bits per heavy atom. The predicted octanol–water partition coefficient (Wildman–Crippen LogP) is 24.0. The molecule has 0 aliphatic carbocycles. The van der Waals surface area contributed by atoms with Crippen LogP contribution in [0, 0.1) is 0 Å². The molecule has 0 saturated carbocycles. The first-order valence-electron chi connectivity index (χ1n) is 42.9. The molecule has 3 aromatic heterocycles. The third-order valence-electron chi connectivity index (χ3n) is 21.3. The lowest BCUT2D eigenvalue weighted by Gasteiger charge is -2.45. The second-order valence-corrected chi connectivity index (χ2v) is 31.1. The molecule has 0 N–H and O–H groups in total. The maximum atomic E-state index is 9.87. The molecule has 7 nitrogen and oxygen atoms in total. The van der Waals surface area contributed by atoms with Crippen LogP contribution in [0.15, 0.2) is 321 Å². The van der Waals surface area contributed by atoms with Crippen LogP contribution in [0.5, 0.6) is 0 Å². The summed E-state index contributed by atoms with van der Waals surface area (Å²) in [6, 6.07) is 76.4. The largest absolute Gasteiger partial charge is 0.311 e. The zero-order valence-corrected chi connectivity index (χ0v) is 60.8.